The van der Waals surface area contributed by atoms with E-state index in [1.54, 1.807) is 36.1 Å². The molecule has 4 aromatic rings. The fourth-order valence-corrected chi connectivity index (χ4v) is 5.34. The third-order valence-electron chi connectivity index (χ3n) is 7.15. The monoisotopic (exact) mass is 464 g/mol. The molecule has 2 aliphatic heterocycles. The standard InChI is InChI=1S/C28H24N4O3/c1-28-24-20(19-11-5-7-13-22(19)30-24)15-16-31(28)27(35)32(26(28)34)23-14-8-6-12-21(23)25(33)29-17-18-9-3-2-4-10-18/h2-14,30H,15-17H2,1H3,(H,29,33)/t28-/m0/s1. The number of imide groups is 1. The number of amides is 4. The summed E-state index contributed by atoms with van der Waals surface area (Å²) in [5.41, 5.74) is 3.12. The van der Waals surface area contributed by atoms with Crippen molar-refractivity contribution in [3.05, 3.63) is 101 Å². The van der Waals surface area contributed by atoms with Gasteiger partial charge in [-0.15, -0.1) is 0 Å². The van der Waals surface area contributed by atoms with E-state index in [0.717, 1.165) is 32.6 Å². The van der Waals surface area contributed by atoms with Crippen LogP contribution in [0, 0.1) is 0 Å². The number of carbonyl (C=O) groups is 3. The van der Waals surface area contributed by atoms with Gasteiger partial charge in [0.05, 0.1) is 16.9 Å². The minimum absolute atomic E-state index is 0.283. The molecule has 0 aliphatic carbocycles. The second-order valence-electron chi connectivity index (χ2n) is 9.11. The summed E-state index contributed by atoms with van der Waals surface area (Å²) < 4.78 is 0. The van der Waals surface area contributed by atoms with Crippen LogP contribution in [0.3, 0.4) is 0 Å². The summed E-state index contributed by atoms with van der Waals surface area (Å²) in [5, 5.41) is 3.98. The van der Waals surface area contributed by atoms with Crippen molar-refractivity contribution in [3.63, 3.8) is 0 Å². The molecule has 7 nitrogen and oxygen atoms in total. The van der Waals surface area contributed by atoms with Gasteiger partial charge in [-0.1, -0.05) is 60.7 Å². The average Bonchev–Trinajstić information content (AvgIpc) is 3.37. The number of anilines is 1. The van der Waals surface area contributed by atoms with Crippen molar-refractivity contribution in [2.75, 3.05) is 11.4 Å². The molecule has 2 N–H and O–H groups in total. The number of fused-ring (bicyclic) bond motifs is 5. The van der Waals surface area contributed by atoms with Gasteiger partial charge in [0.25, 0.3) is 11.8 Å². The second kappa shape index (κ2) is 7.84. The minimum Gasteiger partial charge on any atom is -0.356 e. The molecule has 1 atom stereocenters. The molecule has 1 saturated heterocycles. The Morgan fingerprint density at radius 1 is 0.971 bits per heavy atom. The molecule has 4 amide bonds. The predicted molar refractivity (Wildman–Crippen MR) is 133 cm³/mol. The van der Waals surface area contributed by atoms with E-state index in [2.05, 4.69) is 10.3 Å². The number of hydrogen-bond acceptors (Lipinski definition) is 3. The van der Waals surface area contributed by atoms with Gasteiger partial charge in [-0.3, -0.25) is 9.59 Å². The van der Waals surface area contributed by atoms with Crippen LogP contribution in [0.2, 0.25) is 0 Å². The lowest BCUT2D eigenvalue weighted by atomic mass is 9.87. The van der Waals surface area contributed by atoms with E-state index in [-0.39, 0.29) is 17.4 Å². The van der Waals surface area contributed by atoms with E-state index in [1.165, 1.54) is 0 Å². The molecular weight excluding hydrogens is 440 g/mol. The van der Waals surface area contributed by atoms with E-state index < -0.39 is 11.6 Å². The third-order valence-corrected chi connectivity index (χ3v) is 7.15. The van der Waals surface area contributed by atoms with E-state index in [0.29, 0.717) is 25.2 Å². The summed E-state index contributed by atoms with van der Waals surface area (Å²) in [5.74, 6) is -0.704. The molecule has 7 heteroatoms. The van der Waals surface area contributed by atoms with Crippen molar-refractivity contribution in [3.8, 4) is 0 Å². The van der Waals surface area contributed by atoms with Crippen molar-refractivity contribution >= 4 is 34.4 Å². The average molecular weight is 465 g/mol. The van der Waals surface area contributed by atoms with Crippen LogP contribution in [0.15, 0.2) is 78.9 Å². The summed E-state index contributed by atoms with van der Waals surface area (Å²) >= 11 is 0. The second-order valence-corrected chi connectivity index (χ2v) is 9.11. The van der Waals surface area contributed by atoms with E-state index in [9.17, 15) is 14.4 Å². The number of aromatic nitrogens is 1. The molecule has 0 radical (unpaired) electrons. The molecule has 1 fully saturated rings. The first-order valence-electron chi connectivity index (χ1n) is 11.7. The molecule has 3 aromatic carbocycles. The predicted octanol–water partition coefficient (Wildman–Crippen LogP) is 4.34. The Hall–Kier alpha value is -4.39. The highest BCUT2D eigenvalue weighted by molar-refractivity contribution is 6.25. The topological polar surface area (TPSA) is 85.5 Å². The van der Waals surface area contributed by atoms with E-state index >= 15 is 0 Å². The van der Waals surface area contributed by atoms with Gasteiger partial charge in [-0.25, -0.2) is 9.69 Å². The van der Waals surface area contributed by atoms with Crippen LogP contribution in [-0.2, 0) is 23.3 Å². The van der Waals surface area contributed by atoms with Crippen molar-refractivity contribution in [2.24, 2.45) is 0 Å². The zero-order valence-electron chi connectivity index (χ0n) is 19.2. The number of para-hydroxylation sites is 2. The first-order valence-corrected chi connectivity index (χ1v) is 11.7. The van der Waals surface area contributed by atoms with Crippen molar-refractivity contribution in [2.45, 2.75) is 25.4 Å². The Morgan fingerprint density at radius 2 is 1.69 bits per heavy atom. The number of aromatic amines is 1. The molecule has 0 saturated carbocycles. The number of benzene rings is 3. The maximum atomic E-state index is 14.0. The van der Waals surface area contributed by atoms with Gasteiger partial charge in [-0.2, -0.15) is 0 Å². The first-order chi connectivity index (χ1) is 17.0. The van der Waals surface area contributed by atoms with Gasteiger partial charge in [0.1, 0.15) is 0 Å². The van der Waals surface area contributed by atoms with Crippen LogP contribution < -0.4 is 10.2 Å². The van der Waals surface area contributed by atoms with Crippen LogP contribution in [0.4, 0.5) is 10.5 Å². The summed E-state index contributed by atoms with van der Waals surface area (Å²) in [6, 6.07) is 23.9. The maximum absolute atomic E-state index is 14.0. The summed E-state index contributed by atoms with van der Waals surface area (Å²) in [4.78, 5) is 46.9. The lowest BCUT2D eigenvalue weighted by molar-refractivity contribution is -0.125. The maximum Gasteiger partial charge on any atom is 0.332 e. The Bertz CT molecular complexity index is 1490. The zero-order chi connectivity index (χ0) is 24.2. The van der Waals surface area contributed by atoms with Gasteiger partial charge in [0, 0.05) is 24.0 Å². The number of nitrogens with one attached hydrogen (secondary N) is 2. The van der Waals surface area contributed by atoms with E-state index in [1.807, 2.05) is 54.6 Å². The van der Waals surface area contributed by atoms with Crippen LogP contribution >= 0.6 is 0 Å². The number of nitrogens with zero attached hydrogens (tertiary/aromatic N) is 2. The number of urea groups is 1. The van der Waals surface area contributed by atoms with Gasteiger partial charge in [0.15, 0.2) is 5.54 Å². The highest BCUT2D eigenvalue weighted by atomic mass is 16.2. The lowest BCUT2D eigenvalue weighted by Gasteiger charge is -2.35. The van der Waals surface area contributed by atoms with Crippen molar-refractivity contribution in [1.82, 2.24) is 15.2 Å². The largest absolute Gasteiger partial charge is 0.356 e. The number of carbonyl (C=O) groups excluding carboxylic acids is 3. The smallest absolute Gasteiger partial charge is 0.332 e. The summed E-state index contributed by atoms with van der Waals surface area (Å²) in [6.45, 7) is 2.56. The quantitative estimate of drug-likeness (QED) is 0.441. The zero-order valence-corrected chi connectivity index (χ0v) is 19.2. The van der Waals surface area contributed by atoms with Crippen molar-refractivity contribution in [1.29, 1.82) is 0 Å². The molecule has 174 valence electrons. The van der Waals surface area contributed by atoms with Gasteiger partial charge < -0.3 is 15.2 Å². The minimum atomic E-state index is -1.17. The molecule has 2 aliphatic rings. The fourth-order valence-electron chi connectivity index (χ4n) is 5.34. The molecule has 35 heavy (non-hydrogen) atoms. The van der Waals surface area contributed by atoms with Crippen molar-refractivity contribution < 1.29 is 14.4 Å². The van der Waals surface area contributed by atoms with E-state index in [4.69, 9.17) is 0 Å². The van der Waals surface area contributed by atoms with Crippen LogP contribution in [-0.4, -0.2) is 34.3 Å². The number of hydrogen-bond donors (Lipinski definition) is 2. The normalized spacial score (nSPS) is 19.1. The molecular formula is C28H24N4O3. The van der Waals surface area contributed by atoms with Crippen LogP contribution in [0.1, 0.15) is 34.1 Å². The number of H-pyrrole nitrogens is 1. The Morgan fingerprint density at radius 3 is 2.51 bits per heavy atom. The highest BCUT2D eigenvalue weighted by Crippen LogP contribution is 2.45. The van der Waals surface area contributed by atoms with Crippen LogP contribution in [0.5, 0.6) is 0 Å². The van der Waals surface area contributed by atoms with Gasteiger partial charge >= 0.3 is 6.03 Å². The van der Waals surface area contributed by atoms with Gasteiger partial charge in [-0.05, 0) is 42.7 Å². The van der Waals surface area contributed by atoms with Crippen LogP contribution in [0.25, 0.3) is 10.9 Å². The fraction of sp³-hybridized carbons (Fsp3) is 0.179. The summed E-state index contributed by atoms with van der Waals surface area (Å²) in [7, 11) is 0. The molecule has 3 heterocycles. The number of rotatable bonds is 4. The Labute approximate surface area is 202 Å². The SMILES string of the molecule is C[C@]12C(=O)N(c3ccccc3C(=O)NCc3ccccc3)C(=O)N1CCc1c2[nH]c2ccccc12. The first kappa shape index (κ1) is 21.2. The Kier molecular flexibility index (Phi) is 4.74. The molecule has 0 unspecified atom stereocenters. The van der Waals surface area contributed by atoms with Gasteiger partial charge in [0.2, 0.25) is 0 Å². The Balaban J connectivity index is 1.37. The highest BCUT2D eigenvalue weighted by Gasteiger charge is 2.59. The molecule has 1 aromatic heterocycles. The lowest BCUT2D eigenvalue weighted by Crippen LogP contribution is -2.49. The molecule has 6 rings (SSSR count). The molecule has 0 spiro atoms. The summed E-state index contributed by atoms with van der Waals surface area (Å²) in [6.07, 6.45) is 0.654. The third kappa shape index (κ3) is 3.08. The molecule has 0 bridgehead atoms.